The highest BCUT2D eigenvalue weighted by atomic mass is 35.5. The van der Waals surface area contributed by atoms with Crippen LogP contribution >= 0.6 is 34.8 Å². The molecule has 0 aliphatic carbocycles. The minimum Gasteiger partial charge on any atom is -0.356 e. The third kappa shape index (κ3) is 1.07. The molecule has 0 N–H and O–H groups in total. The molecule has 2 nitrogen and oxygen atoms in total. The Hall–Kier alpha value is -0.440. The molecule has 0 spiro atoms. The van der Waals surface area contributed by atoms with Gasteiger partial charge in [0.15, 0.2) is 5.58 Å². The standard InChI is InChI=1S/C7H2Cl3NO/c8-4-1-5-3(2-11-12-5)6(9)7(4)10/h1-2H. The van der Waals surface area contributed by atoms with E-state index in [1.165, 1.54) is 6.20 Å². The number of hydrogen-bond acceptors (Lipinski definition) is 2. The maximum absolute atomic E-state index is 5.86. The number of rotatable bonds is 0. The number of nitrogens with zero attached hydrogens (tertiary/aromatic N) is 1. The van der Waals surface area contributed by atoms with Gasteiger partial charge in [0.25, 0.3) is 0 Å². The average Bonchev–Trinajstić information content (AvgIpc) is 2.48. The molecule has 0 aliphatic rings. The van der Waals surface area contributed by atoms with Crippen molar-refractivity contribution >= 4 is 45.8 Å². The molecule has 5 heteroatoms. The van der Waals surface area contributed by atoms with Crippen molar-refractivity contribution in [2.24, 2.45) is 0 Å². The third-order valence-corrected chi connectivity index (χ3v) is 2.77. The molecule has 0 unspecified atom stereocenters. The summed E-state index contributed by atoms with van der Waals surface area (Å²) >= 11 is 17.4. The second-order valence-corrected chi connectivity index (χ2v) is 3.39. The Kier molecular flexibility index (Phi) is 1.91. The van der Waals surface area contributed by atoms with Crippen LogP contribution in [0, 0.1) is 0 Å². The van der Waals surface area contributed by atoms with Crippen LogP contribution in [-0.4, -0.2) is 5.16 Å². The lowest BCUT2D eigenvalue weighted by Gasteiger charge is -1.97. The zero-order valence-electron chi connectivity index (χ0n) is 5.64. The fraction of sp³-hybridized carbons (Fsp3) is 0. The quantitative estimate of drug-likeness (QED) is 0.634. The average molecular weight is 222 g/mol. The van der Waals surface area contributed by atoms with E-state index >= 15 is 0 Å². The molecule has 2 aromatic rings. The molecule has 0 radical (unpaired) electrons. The molecule has 2 rings (SSSR count). The van der Waals surface area contributed by atoms with Crippen molar-refractivity contribution in [2.75, 3.05) is 0 Å². The lowest BCUT2D eigenvalue weighted by Crippen LogP contribution is -1.72. The van der Waals surface area contributed by atoms with E-state index in [4.69, 9.17) is 39.3 Å². The first-order valence-corrected chi connectivity index (χ1v) is 4.21. The normalized spacial score (nSPS) is 10.9. The Morgan fingerprint density at radius 1 is 1.17 bits per heavy atom. The van der Waals surface area contributed by atoms with Gasteiger partial charge in [-0.05, 0) is 0 Å². The van der Waals surface area contributed by atoms with Crippen molar-refractivity contribution in [2.45, 2.75) is 0 Å². The predicted octanol–water partition coefficient (Wildman–Crippen LogP) is 3.79. The van der Waals surface area contributed by atoms with Crippen molar-refractivity contribution in [3.05, 3.63) is 27.3 Å². The molecule has 0 aliphatic heterocycles. The first-order valence-electron chi connectivity index (χ1n) is 3.08. The summed E-state index contributed by atoms with van der Waals surface area (Å²) in [6.07, 6.45) is 1.50. The van der Waals surface area contributed by atoms with Crippen LogP contribution in [-0.2, 0) is 0 Å². The van der Waals surface area contributed by atoms with E-state index in [-0.39, 0.29) is 0 Å². The highest BCUT2D eigenvalue weighted by Gasteiger charge is 2.11. The van der Waals surface area contributed by atoms with E-state index in [0.29, 0.717) is 26.0 Å². The van der Waals surface area contributed by atoms with Gasteiger partial charge in [-0.3, -0.25) is 0 Å². The van der Waals surface area contributed by atoms with E-state index in [9.17, 15) is 0 Å². The molecular weight excluding hydrogens is 220 g/mol. The van der Waals surface area contributed by atoms with Gasteiger partial charge in [0, 0.05) is 6.07 Å². The van der Waals surface area contributed by atoms with Gasteiger partial charge in [0.2, 0.25) is 0 Å². The Morgan fingerprint density at radius 3 is 2.67 bits per heavy atom. The van der Waals surface area contributed by atoms with Crippen molar-refractivity contribution in [3.8, 4) is 0 Å². The summed E-state index contributed by atoms with van der Waals surface area (Å²) in [5, 5.41) is 5.31. The summed E-state index contributed by atoms with van der Waals surface area (Å²) < 4.78 is 4.86. The van der Waals surface area contributed by atoms with E-state index in [2.05, 4.69) is 5.16 Å². The second-order valence-electron chi connectivity index (χ2n) is 2.22. The molecule has 62 valence electrons. The van der Waals surface area contributed by atoms with Crippen LogP contribution in [0.4, 0.5) is 0 Å². The van der Waals surface area contributed by atoms with Gasteiger partial charge in [-0.15, -0.1) is 0 Å². The molecule has 0 fully saturated rings. The van der Waals surface area contributed by atoms with E-state index in [0.717, 1.165) is 0 Å². The maximum atomic E-state index is 5.86. The van der Waals surface area contributed by atoms with Crippen molar-refractivity contribution < 1.29 is 4.52 Å². The highest BCUT2D eigenvalue weighted by Crippen LogP contribution is 2.36. The number of aromatic nitrogens is 1. The number of fused-ring (bicyclic) bond motifs is 1. The molecular formula is C7H2Cl3NO. The van der Waals surface area contributed by atoms with Gasteiger partial charge in [-0.1, -0.05) is 40.0 Å². The van der Waals surface area contributed by atoms with Crippen LogP contribution in [0.5, 0.6) is 0 Å². The third-order valence-electron chi connectivity index (χ3n) is 1.49. The predicted molar refractivity (Wildman–Crippen MR) is 49.0 cm³/mol. The monoisotopic (exact) mass is 221 g/mol. The minimum atomic E-state index is 0.328. The van der Waals surface area contributed by atoms with Gasteiger partial charge in [-0.2, -0.15) is 0 Å². The Labute approximate surface area is 83.0 Å². The zero-order chi connectivity index (χ0) is 8.72. The highest BCUT2D eigenvalue weighted by molar-refractivity contribution is 6.50. The summed E-state index contributed by atoms with van der Waals surface area (Å²) in [5.41, 5.74) is 0.536. The Balaban J connectivity index is 2.94. The topological polar surface area (TPSA) is 26.0 Å². The van der Waals surface area contributed by atoms with Crippen LogP contribution in [0.1, 0.15) is 0 Å². The van der Waals surface area contributed by atoms with Gasteiger partial charge in [-0.25, -0.2) is 0 Å². The number of hydrogen-bond donors (Lipinski definition) is 0. The van der Waals surface area contributed by atoms with Crippen LogP contribution in [0.2, 0.25) is 15.1 Å². The molecule has 0 saturated heterocycles. The van der Waals surface area contributed by atoms with E-state index < -0.39 is 0 Å². The van der Waals surface area contributed by atoms with Crippen LogP contribution < -0.4 is 0 Å². The van der Waals surface area contributed by atoms with E-state index in [1.54, 1.807) is 6.07 Å². The van der Waals surface area contributed by atoms with Gasteiger partial charge < -0.3 is 4.52 Å². The fourth-order valence-corrected chi connectivity index (χ4v) is 1.56. The summed E-state index contributed by atoms with van der Waals surface area (Å²) in [5.74, 6) is 0. The number of benzene rings is 1. The fourth-order valence-electron chi connectivity index (χ4n) is 0.919. The lowest BCUT2D eigenvalue weighted by molar-refractivity contribution is 0.456. The first kappa shape index (κ1) is 8.17. The maximum Gasteiger partial charge on any atom is 0.169 e. The van der Waals surface area contributed by atoms with Gasteiger partial charge in [0.05, 0.1) is 26.7 Å². The summed E-state index contributed by atoms with van der Waals surface area (Å²) in [4.78, 5) is 0. The van der Waals surface area contributed by atoms with E-state index in [1.807, 2.05) is 0 Å². The molecule has 12 heavy (non-hydrogen) atoms. The number of halogens is 3. The second kappa shape index (κ2) is 2.80. The van der Waals surface area contributed by atoms with Crippen LogP contribution in [0.3, 0.4) is 0 Å². The van der Waals surface area contributed by atoms with Crippen molar-refractivity contribution in [3.63, 3.8) is 0 Å². The molecule has 1 aromatic heterocycles. The molecule has 0 saturated carbocycles. The smallest absolute Gasteiger partial charge is 0.169 e. The molecule has 1 heterocycles. The molecule has 0 bridgehead atoms. The summed E-state index contributed by atoms with van der Waals surface area (Å²) in [6.45, 7) is 0. The zero-order valence-corrected chi connectivity index (χ0v) is 7.91. The first-order chi connectivity index (χ1) is 5.70. The van der Waals surface area contributed by atoms with Crippen LogP contribution in [0.25, 0.3) is 11.0 Å². The summed E-state index contributed by atoms with van der Waals surface area (Å²) in [7, 11) is 0. The van der Waals surface area contributed by atoms with Crippen molar-refractivity contribution in [1.29, 1.82) is 0 Å². The molecule has 0 atom stereocenters. The van der Waals surface area contributed by atoms with Gasteiger partial charge in [0.1, 0.15) is 0 Å². The van der Waals surface area contributed by atoms with Crippen molar-refractivity contribution in [1.82, 2.24) is 5.16 Å². The SMILES string of the molecule is Clc1cc2oncc2c(Cl)c1Cl. The minimum absolute atomic E-state index is 0.328. The molecule has 0 amide bonds. The molecule has 1 aromatic carbocycles. The van der Waals surface area contributed by atoms with Gasteiger partial charge >= 0.3 is 0 Å². The Morgan fingerprint density at radius 2 is 1.92 bits per heavy atom. The summed E-state index contributed by atoms with van der Waals surface area (Å²) in [6, 6.07) is 1.58. The lowest BCUT2D eigenvalue weighted by atomic mass is 10.3. The van der Waals surface area contributed by atoms with Crippen LogP contribution in [0.15, 0.2) is 16.8 Å². The Bertz CT molecular complexity index is 437. The largest absolute Gasteiger partial charge is 0.356 e.